The molecule has 1 aromatic carbocycles. The van der Waals surface area contributed by atoms with E-state index in [9.17, 15) is 9.59 Å². The lowest BCUT2D eigenvalue weighted by molar-refractivity contribution is -0.134. The summed E-state index contributed by atoms with van der Waals surface area (Å²) in [6.07, 6.45) is 2.25. The Labute approximate surface area is 157 Å². The molecule has 0 aromatic heterocycles. The van der Waals surface area contributed by atoms with E-state index in [2.05, 4.69) is 22.3 Å². The third kappa shape index (κ3) is 2.70. The summed E-state index contributed by atoms with van der Waals surface area (Å²) in [5, 5.41) is 2.45. The number of nitrogens with two attached hydrogens (primary N) is 1. The minimum absolute atomic E-state index is 0.0425. The van der Waals surface area contributed by atoms with Crippen LogP contribution in [0.15, 0.2) is 18.2 Å². The van der Waals surface area contributed by atoms with Crippen LogP contribution in [-0.4, -0.2) is 66.8 Å². The normalized spacial score (nSPS) is 33.0. The first-order chi connectivity index (χ1) is 13.1. The van der Waals surface area contributed by atoms with Gasteiger partial charge in [0.2, 0.25) is 12.7 Å². The van der Waals surface area contributed by atoms with E-state index in [0.29, 0.717) is 18.5 Å². The molecule has 0 aliphatic carbocycles. The molecule has 4 saturated heterocycles. The molecule has 5 aliphatic rings. The predicted octanol–water partition coefficient (Wildman–Crippen LogP) is 0.472. The number of carbonyl (C=O) groups is 2. The molecule has 8 heteroatoms. The Morgan fingerprint density at radius 1 is 1.15 bits per heavy atom. The lowest BCUT2D eigenvalue weighted by Gasteiger charge is -2.51. The Hall–Kier alpha value is -2.48. The molecule has 5 heterocycles. The van der Waals surface area contributed by atoms with Crippen LogP contribution in [0.2, 0.25) is 0 Å². The zero-order chi connectivity index (χ0) is 18.5. The Bertz CT molecular complexity index is 777. The van der Waals surface area contributed by atoms with E-state index >= 15 is 0 Å². The average molecular weight is 372 g/mol. The number of ether oxygens (including phenoxy) is 2. The van der Waals surface area contributed by atoms with Crippen molar-refractivity contribution in [1.82, 2.24) is 15.1 Å². The van der Waals surface area contributed by atoms with Gasteiger partial charge in [0.15, 0.2) is 11.5 Å². The highest BCUT2D eigenvalue weighted by molar-refractivity contribution is 5.84. The van der Waals surface area contributed by atoms with Gasteiger partial charge in [-0.2, -0.15) is 0 Å². The monoisotopic (exact) mass is 372 g/mol. The van der Waals surface area contributed by atoms with Crippen molar-refractivity contribution in [2.45, 2.75) is 30.8 Å². The topological polar surface area (TPSA) is 97.1 Å². The predicted molar refractivity (Wildman–Crippen MR) is 96.5 cm³/mol. The number of likely N-dealkylation sites (tertiary alicyclic amines) is 1. The van der Waals surface area contributed by atoms with Gasteiger partial charge in [-0.05, 0) is 49.5 Å². The van der Waals surface area contributed by atoms with Gasteiger partial charge in [0.05, 0.1) is 12.6 Å². The number of fused-ring (bicyclic) bond motifs is 3. The third-order valence-electron chi connectivity index (χ3n) is 6.55. The molecule has 0 spiro atoms. The third-order valence-corrected chi connectivity index (χ3v) is 6.55. The van der Waals surface area contributed by atoms with Crippen molar-refractivity contribution >= 4 is 11.9 Å². The van der Waals surface area contributed by atoms with Crippen LogP contribution < -0.4 is 20.5 Å². The quantitative estimate of drug-likeness (QED) is 0.804. The smallest absolute Gasteiger partial charge is 0.312 e. The molecule has 0 saturated carbocycles. The summed E-state index contributed by atoms with van der Waals surface area (Å²) in [4.78, 5) is 28.4. The summed E-state index contributed by atoms with van der Waals surface area (Å²) >= 11 is 0. The van der Waals surface area contributed by atoms with Crippen LogP contribution in [0.3, 0.4) is 0 Å². The van der Waals surface area contributed by atoms with Gasteiger partial charge in [-0.3, -0.25) is 9.69 Å². The maximum atomic E-state index is 12.8. The van der Waals surface area contributed by atoms with Crippen LogP contribution in [-0.2, 0) is 4.79 Å². The molecule has 5 aliphatic heterocycles. The minimum atomic E-state index is -0.666. The second-order valence-corrected chi connectivity index (χ2v) is 7.84. The molecule has 0 radical (unpaired) electrons. The van der Waals surface area contributed by atoms with Crippen LogP contribution in [0.4, 0.5) is 4.79 Å². The first-order valence-electron chi connectivity index (χ1n) is 9.58. The zero-order valence-corrected chi connectivity index (χ0v) is 15.1. The van der Waals surface area contributed by atoms with Crippen molar-refractivity contribution in [3.63, 3.8) is 0 Å². The van der Waals surface area contributed by atoms with Gasteiger partial charge in [-0.1, -0.05) is 6.07 Å². The fraction of sp³-hybridized carbons (Fsp3) is 0.579. The number of nitrogens with one attached hydrogen (secondary N) is 1. The van der Waals surface area contributed by atoms with Crippen molar-refractivity contribution in [2.24, 2.45) is 11.7 Å². The number of amides is 3. The largest absolute Gasteiger partial charge is 0.454 e. The summed E-state index contributed by atoms with van der Waals surface area (Å²) in [6, 6.07) is 5.96. The summed E-state index contributed by atoms with van der Waals surface area (Å²) in [6.45, 7) is 3.05. The molecular weight excluding hydrogens is 348 g/mol. The summed E-state index contributed by atoms with van der Waals surface area (Å²) in [5.74, 6) is 2.25. The van der Waals surface area contributed by atoms with Gasteiger partial charge in [0.25, 0.3) is 0 Å². The van der Waals surface area contributed by atoms with E-state index in [-0.39, 0.29) is 31.2 Å². The highest BCUT2D eigenvalue weighted by Gasteiger charge is 2.54. The maximum absolute atomic E-state index is 12.8. The van der Waals surface area contributed by atoms with Gasteiger partial charge in [-0.15, -0.1) is 0 Å². The Balaban J connectivity index is 1.45. The van der Waals surface area contributed by atoms with Crippen molar-refractivity contribution in [2.75, 3.05) is 33.0 Å². The molecule has 3 amide bonds. The van der Waals surface area contributed by atoms with Crippen LogP contribution in [0.5, 0.6) is 11.5 Å². The van der Waals surface area contributed by atoms with Gasteiger partial charge in [-0.25, -0.2) is 4.79 Å². The second-order valence-electron chi connectivity index (χ2n) is 7.84. The first kappa shape index (κ1) is 16.7. The highest BCUT2D eigenvalue weighted by Crippen LogP contribution is 2.47. The number of urea groups is 1. The Kier molecular flexibility index (Phi) is 3.89. The number of primary amides is 1. The minimum Gasteiger partial charge on any atom is -0.454 e. The fourth-order valence-electron chi connectivity index (χ4n) is 5.41. The maximum Gasteiger partial charge on any atom is 0.312 e. The van der Waals surface area contributed by atoms with Crippen LogP contribution in [0.25, 0.3) is 0 Å². The van der Waals surface area contributed by atoms with Crippen LogP contribution in [0, 0.1) is 5.92 Å². The SMILES string of the molecule is NC(=O)NCC(=O)N1C[C@H](c2ccc3c(c2)OCO3)[C@@H]2[C@H]1C1CCN2CC1. The average Bonchev–Trinajstić information content (AvgIpc) is 3.32. The van der Waals surface area contributed by atoms with Crippen LogP contribution in [0.1, 0.15) is 24.3 Å². The molecule has 2 bridgehead atoms. The second kappa shape index (κ2) is 6.30. The van der Waals surface area contributed by atoms with E-state index in [1.165, 1.54) is 5.56 Å². The first-order valence-corrected chi connectivity index (χ1v) is 9.58. The highest BCUT2D eigenvalue weighted by atomic mass is 16.7. The Morgan fingerprint density at radius 2 is 1.93 bits per heavy atom. The number of benzene rings is 1. The van der Waals surface area contributed by atoms with E-state index < -0.39 is 6.03 Å². The summed E-state index contributed by atoms with van der Waals surface area (Å²) < 4.78 is 11.0. The number of rotatable bonds is 3. The van der Waals surface area contributed by atoms with Crippen molar-refractivity contribution in [3.8, 4) is 11.5 Å². The molecule has 3 N–H and O–H groups in total. The lowest BCUT2D eigenvalue weighted by atomic mass is 9.75. The Morgan fingerprint density at radius 3 is 2.70 bits per heavy atom. The molecular formula is C19H24N4O4. The number of hydrogen-bond acceptors (Lipinski definition) is 5. The number of nitrogens with zero attached hydrogens (tertiary/aromatic N) is 2. The molecule has 0 unspecified atom stereocenters. The summed E-state index contributed by atoms with van der Waals surface area (Å²) in [5.41, 5.74) is 6.33. The van der Waals surface area contributed by atoms with Gasteiger partial charge in [0.1, 0.15) is 0 Å². The fourth-order valence-corrected chi connectivity index (χ4v) is 5.41. The van der Waals surface area contributed by atoms with E-state index in [1.54, 1.807) is 0 Å². The van der Waals surface area contributed by atoms with E-state index in [0.717, 1.165) is 37.4 Å². The standard InChI is InChI=1S/C19H24N4O4/c20-19(25)21-8-16(24)23-9-13(12-1-2-14-15(7-12)27-10-26-14)18-17(23)11-3-5-22(18)6-4-11/h1-2,7,11,13,17-18H,3-6,8-10H2,(H3,20,21,25)/t13-,17-,18-/m1/s1. The van der Waals surface area contributed by atoms with E-state index in [4.69, 9.17) is 15.2 Å². The molecule has 8 nitrogen and oxygen atoms in total. The van der Waals surface area contributed by atoms with Crippen molar-refractivity contribution in [3.05, 3.63) is 23.8 Å². The summed E-state index contributed by atoms with van der Waals surface area (Å²) in [7, 11) is 0. The number of carbonyl (C=O) groups excluding carboxylic acids is 2. The van der Waals surface area contributed by atoms with Crippen molar-refractivity contribution < 1.29 is 19.1 Å². The molecule has 144 valence electrons. The van der Waals surface area contributed by atoms with Crippen LogP contribution >= 0.6 is 0 Å². The van der Waals surface area contributed by atoms with Gasteiger partial charge < -0.3 is 25.4 Å². The van der Waals surface area contributed by atoms with E-state index in [1.807, 2.05) is 11.0 Å². The zero-order valence-electron chi connectivity index (χ0n) is 15.1. The molecule has 1 aromatic rings. The molecule has 27 heavy (non-hydrogen) atoms. The molecule has 4 fully saturated rings. The van der Waals surface area contributed by atoms with Gasteiger partial charge in [0, 0.05) is 18.5 Å². The van der Waals surface area contributed by atoms with Gasteiger partial charge >= 0.3 is 6.03 Å². The van der Waals surface area contributed by atoms with Crippen molar-refractivity contribution in [1.29, 1.82) is 0 Å². The molecule has 6 rings (SSSR count). The molecule has 3 atom stereocenters. The lowest BCUT2D eigenvalue weighted by Crippen LogP contribution is -2.61. The number of hydrogen-bond donors (Lipinski definition) is 2. The number of piperidine rings is 3.